The summed E-state index contributed by atoms with van der Waals surface area (Å²) < 4.78 is 0. The molecule has 1 fully saturated rings. The van der Waals surface area contributed by atoms with Gasteiger partial charge in [0.15, 0.2) is 0 Å². The van der Waals surface area contributed by atoms with E-state index in [-0.39, 0.29) is 15.8 Å². The summed E-state index contributed by atoms with van der Waals surface area (Å²) in [6.07, 6.45) is 0. The maximum atomic E-state index is 10.3. The van der Waals surface area contributed by atoms with Crippen LogP contribution in [-0.4, -0.2) is 25.5 Å². The minimum atomic E-state index is 0. The van der Waals surface area contributed by atoms with E-state index in [0.717, 1.165) is 13.1 Å². The summed E-state index contributed by atoms with van der Waals surface area (Å²) >= 11 is 0. The molecule has 0 saturated carbocycles. The van der Waals surface area contributed by atoms with E-state index in [2.05, 4.69) is 10.6 Å². The van der Waals surface area contributed by atoms with Crippen LogP contribution in [0.25, 0.3) is 0 Å². The van der Waals surface area contributed by atoms with Crippen LogP contribution in [0, 0.1) is 0 Å². The van der Waals surface area contributed by atoms with Crippen LogP contribution in [0.3, 0.4) is 0 Å². The second-order valence-electron chi connectivity index (χ2n) is 1.53. The molecule has 1 unspecified atom stereocenters. The molecule has 2 N–H and O–H groups in total. The van der Waals surface area contributed by atoms with Crippen molar-refractivity contribution in [1.29, 1.82) is 0 Å². The zero-order chi connectivity index (χ0) is 5.11. The Morgan fingerprint density at radius 3 is 2.38 bits per heavy atom. The van der Waals surface area contributed by atoms with Crippen molar-refractivity contribution in [3.63, 3.8) is 0 Å². The van der Waals surface area contributed by atoms with Crippen molar-refractivity contribution < 1.29 is 4.79 Å². The molecule has 1 saturated heterocycles. The van der Waals surface area contributed by atoms with Gasteiger partial charge >= 0.3 is 0 Å². The average molecular weight is 134 g/mol. The lowest BCUT2D eigenvalue weighted by Crippen LogP contribution is -2.44. The largest absolute Gasteiger partial charge is 0.354 e. The molecule has 1 aliphatic heterocycles. The quantitative estimate of drug-likeness (QED) is 0.407. The molecule has 4 heteroatoms. The van der Waals surface area contributed by atoms with Crippen LogP contribution >= 0.6 is 9.90 Å². The number of hydrogen-bond acceptors (Lipinski definition) is 2. The molecule has 48 valence electrons. The van der Waals surface area contributed by atoms with Crippen molar-refractivity contribution in [1.82, 2.24) is 10.6 Å². The summed E-state index contributed by atoms with van der Waals surface area (Å²) in [5.41, 5.74) is 0. The van der Waals surface area contributed by atoms with Gasteiger partial charge in [0.1, 0.15) is 0 Å². The number of hydrogen-bond donors (Lipinski definition) is 2. The summed E-state index contributed by atoms with van der Waals surface area (Å²) in [5, 5.41) is 5.60. The van der Waals surface area contributed by atoms with Crippen molar-refractivity contribution >= 4 is 15.8 Å². The van der Waals surface area contributed by atoms with Gasteiger partial charge in [-0.05, 0) is 0 Å². The molecule has 0 spiro atoms. The molecule has 1 rings (SSSR count). The van der Waals surface area contributed by atoms with Gasteiger partial charge in [-0.25, -0.2) is 0 Å². The molecule has 0 aromatic rings. The molecule has 0 aliphatic carbocycles. The monoisotopic (exact) mass is 134 g/mol. The first kappa shape index (κ1) is 7.86. The maximum absolute atomic E-state index is 10.3. The first-order valence-electron chi connectivity index (χ1n) is 2.37. The van der Waals surface area contributed by atoms with Crippen LogP contribution in [0.4, 0.5) is 0 Å². The van der Waals surface area contributed by atoms with Crippen LogP contribution < -0.4 is 10.6 Å². The van der Waals surface area contributed by atoms with Gasteiger partial charge in [-0.3, -0.25) is 4.79 Å². The van der Waals surface area contributed by atoms with Gasteiger partial charge < -0.3 is 10.6 Å². The van der Waals surface area contributed by atoms with Crippen molar-refractivity contribution in [2.75, 3.05) is 19.6 Å². The predicted octanol–water partition coefficient (Wildman–Crippen LogP) is -1.24. The molecule has 0 radical (unpaired) electrons. The number of amides is 1. The molecule has 0 bridgehead atoms. The number of carbonyl (C=O) groups is 1. The Kier molecular flexibility index (Phi) is 3.75. The fraction of sp³-hybridized carbons (Fsp3) is 0.750. The number of piperazine rings is 1. The third-order valence-electron chi connectivity index (χ3n) is 0.910. The van der Waals surface area contributed by atoms with Crippen LogP contribution in [0.5, 0.6) is 0 Å². The Morgan fingerprint density at radius 1 is 1.38 bits per heavy atom. The topological polar surface area (TPSA) is 41.1 Å². The summed E-state index contributed by atoms with van der Waals surface area (Å²) in [4.78, 5) is 10.3. The Balaban J connectivity index is 0.000000490. The third kappa shape index (κ3) is 2.24. The summed E-state index contributed by atoms with van der Waals surface area (Å²) in [6, 6.07) is 0. The van der Waals surface area contributed by atoms with Gasteiger partial charge in [0.05, 0.1) is 6.54 Å². The molecule has 1 amide bonds. The molecule has 3 nitrogen and oxygen atoms in total. The van der Waals surface area contributed by atoms with Crippen LogP contribution in [0.15, 0.2) is 0 Å². The number of rotatable bonds is 0. The average Bonchev–Trinajstić information content (AvgIpc) is 1.69. The normalized spacial score (nSPS) is 18.8. The van der Waals surface area contributed by atoms with E-state index in [1.165, 1.54) is 0 Å². The predicted molar refractivity (Wildman–Crippen MR) is 37.0 cm³/mol. The van der Waals surface area contributed by atoms with Crippen LogP contribution in [0.2, 0.25) is 0 Å². The highest BCUT2D eigenvalue weighted by atomic mass is 31.0. The van der Waals surface area contributed by atoms with Gasteiger partial charge in [0, 0.05) is 13.1 Å². The second kappa shape index (κ2) is 3.81. The molecule has 1 atom stereocenters. The van der Waals surface area contributed by atoms with E-state index < -0.39 is 0 Å². The number of carbonyl (C=O) groups excluding carboxylic acids is 1. The van der Waals surface area contributed by atoms with Gasteiger partial charge in [-0.15, -0.1) is 0 Å². The highest BCUT2D eigenvalue weighted by molar-refractivity contribution is 6.92. The molecule has 1 heterocycles. The summed E-state index contributed by atoms with van der Waals surface area (Å²) in [7, 11) is 0. The Labute approximate surface area is 51.8 Å². The summed E-state index contributed by atoms with van der Waals surface area (Å²) in [5.74, 6) is 0.103. The van der Waals surface area contributed by atoms with Crippen molar-refractivity contribution in [2.45, 2.75) is 0 Å². The smallest absolute Gasteiger partial charge is 0.234 e. The third-order valence-corrected chi connectivity index (χ3v) is 0.910. The fourth-order valence-corrected chi connectivity index (χ4v) is 0.555. The Bertz CT molecular complexity index is 78.1. The lowest BCUT2D eigenvalue weighted by Gasteiger charge is -2.11. The summed E-state index contributed by atoms with van der Waals surface area (Å²) in [6.45, 7) is 2.17. The van der Waals surface area contributed by atoms with Gasteiger partial charge in [0.2, 0.25) is 5.91 Å². The van der Waals surface area contributed by atoms with E-state index in [9.17, 15) is 4.79 Å². The van der Waals surface area contributed by atoms with E-state index in [1.54, 1.807) is 0 Å². The highest BCUT2D eigenvalue weighted by Gasteiger charge is 2.02. The second-order valence-corrected chi connectivity index (χ2v) is 1.53. The molecular formula is C4H11N2OP. The van der Waals surface area contributed by atoms with E-state index >= 15 is 0 Å². The molecule has 0 aromatic heterocycles. The van der Waals surface area contributed by atoms with Crippen LogP contribution in [-0.2, 0) is 4.79 Å². The zero-order valence-electron chi connectivity index (χ0n) is 4.74. The first-order chi connectivity index (χ1) is 3.39. The lowest BCUT2D eigenvalue weighted by atomic mass is 10.4. The minimum Gasteiger partial charge on any atom is -0.354 e. The van der Waals surface area contributed by atoms with Gasteiger partial charge in [-0.2, -0.15) is 9.90 Å². The highest BCUT2D eigenvalue weighted by Crippen LogP contribution is 1.69. The van der Waals surface area contributed by atoms with Crippen molar-refractivity contribution in [3.8, 4) is 0 Å². The number of nitrogens with one attached hydrogen (secondary N) is 2. The standard InChI is InChI=1S/C4H8N2O.H3P/c7-4-3-5-1-2-6-4;/h5H,1-3H2,(H,6,7);1H3. The van der Waals surface area contributed by atoms with Crippen molar-refractivity contribution in [3.05, 3.63) is 0 Å². The van der Waals surface area contributed by atoms with E-state index in [1.807, 2.05) is 0 Å². The molecule has 8 heavy (non-hydrogen) atoms. The zero-order valence-corrected chi connectivity index (χ0v) is 6.15. The molecular weight excluding hydrogens is 123 g/mol. The molecule has 0 aromatic carbocycles. The van der Waals surface area contributed by atoms with Gasteiger partial charge in [-0.1, -0.05) is 0 Å². The van der Waals surface area contributed by atoms with E-state index in [0.29, 0.717) is 6.54 Å². The first-order valence-corrected chi connectivity index (χ1v) is 2.37. The Morgan fingerprint density at radius 2 is 2.12 bits per heavy atom. The SMILES string of the molecule is O=C1CNCCN1.P. The fourth-order valence-electron chi connectivity index (χ4n) is 0.555. The van der Waals surface area contributed by atoms with E-state index in [4.69, 9.17) is 0 Å². The van der Waals surface area contributed by atoms with Gasteiger partial charge in [0.25, 0.3) is 0 Å². The Hall–Kier alpha value is -0.140. The van der Waals surface area contributed by atoms with Crippen molar-refractivity contribution in [2.24, 2.45) is 0 Å². The lowest BCUT2D eigenvalue weighted by molar-refractivity contribution is -0.121. The minimum absolute atomic E-state index is 0. The van der Waals surface area contributed by atoms with Crippen LogP contribution in [0.1, 0.15) is 0 Å². The maximum Gasteiger partial charge on any atom is 0.234 e. The molecule has 1 aliphatic rings.